The number of imidazole rings is 1. The van der Waals surface area contributed by atoms with Gasteiger partial charge in [0.25, 0.3) is 0 Å². The Morgan fingerprint density at radius 2 is 2.21 bits per heavy atom. The van der Waals surface area contributed by atoms with E-state index < -0.39 is 0 Å². The van der Waals surface area contributed by atoms with Crippen molar-refractivity contribution in [2.45, 2.75) is 32.5 Å². The summed E-state index contributed by atoms with van der Waals surface area (Å²) in [5.74, 6) is 1.60. The van der Waals surface area contributed by atoms with Crippen LogP contribution >= 0.6 is 0 Å². The maximum absolute atomic E-state index is 5.42. The van der Waals surface area contributed by atoms with Gasteiger partial charge in [0.2, 0.25) is 0 Å². The second-order valence-corrected chi connectivity index (χ2v) is 6.58. The van der Waals surface area contributed by atoms with Crippen molar-refractivity contribution in [2.75, 3.05) is 27.3 Å². The summed E-state index contributed by atoms with van der Waals surface area (Å²) >= 11 is 0. The number of rotatable bonds is 7. The van der Waals surface area contributed by atoms with Crippen molar-refractivity contribution in [2.24, 2.45) is 5.92 Å². The second-order valence-electron chi connectivity index (χ2n) is 6.58. The van der Waals surface area contributed by atoms with Gasteiger partial charge < -0.3 is 14.0 Å². The molecule has 0 spiro atoms. The molecule has 3 rings (SSSR count). The van der Waals surface area contributed by atoms with E-state index in [9.17, 15) is 0 Å². The van der Waals surface area contributed by atoms with E-state index in [2.05, 4.69) is 38.8 Å². The van der Waals surface area contributed by atoms with E-state index >= 15 is 0 Å². The Bertz CT molecular complexity index is 628. The van der Waals surface area contributed by atoms with Gasteiger partial charge in [-0.2, -0.15) is 0 Å². The van der Waals surface area contributed by atoms with Crippen molar-refractivity contribution in [1.29, 1.82) is 0 Å². The zero-order chi connectivity index (χ0) is 16.8. The van der Waals surface area contributed by atoms with Crippen LogP contribution in [0.1, 0.15) is 24.0 Å². The third kappa shape index (κ3) is 4.36. The van der Waals surface area contributed by atoms with Gasteiger partial charge in [-0.3, -0.25) is 4.90 Å². The predicted molar refractivity (Wildman–Crippen MR) is 93.9 cm³/mol. The van der Waals surface area contributed by atoms with Crippen LogP contribution in [0.5, 0.6) is 5.75 Å². The second kappa shape index (κ2) is 8.31. The molecular weight excluding hydrogens is 302 g/mol. The Labute approximate surface area is 144 Å². The molecule has 5 nitrogen and oxygen atoms in total. The molecule has 0 aliphatic carbocycles. The van der Waals surface area contributed by atoms with Gasteiger partial charge in [-0.25, -0.2) is 4.98 Å². The summed E-state index contributed by atoms with van der Waals surface area (Å²) in [6.07, 6.45) is 8.39. The standard InChI is InChI=1S/C19H27N3O2/c1-23-14-18-10-16(5-6-19(18)24-2)11-21-8-3-4-17(12-21)13-22-9-7-20-15-22/h5-7,9-10,15,17H,3-4,8,11-14H2,1-2H3. The summed E-state index contributed by atoms with van der Waals surface area (Å²) in [7, 11) is 3.43. The van der Waals surface area contributed by atoms with Crippen molar-refractivity contribution >= 4 is 0 Å². The fourth-order valence-electron chi connectivity index (χ4n) is 3.59. The van der Waals surface area contributed by atoms with Crippen LogP contribution in [0.25, 0.3) is 0 Å². The Hall–Kier alpha value is -1.85. The Morgan fingerprint density at radius 3 is 2.96 bits per heavy atom. The molecule has 0 bridgehead atoms. The van der Waals surface area contributed by atoms with Crippen LogP contribution in [-0.2, 0) is 24.4 Å². The minimum absolute atomic E-state index is 0.584. The minimum atomic E-state index is 0.584. The fraction of sp³-hybridized carbons (Fsp3) is 0.526. The molecule has 1 aromatic carbocycles. The van der Waals surface area contributed by atoms with Gasteiger partial charge in [-0.05, 0) is 43.0 Å². The van der Waals surface area contributed by atoms with Crippen LogP contribution in [-0.4, -0.2) is 41.8 Å². The SMILES string of the molecule is COCc1cc(CN2CCCC(Cn3ccnc3)C2)ccc1OC. The van der Waals surface area contributed by atoms with Crippen molar-refractivity contribution in [3.8, 4) is 5.75 Å². The van der Waals surface area contributed by atoms with Gasteiger partial charge in [0, 0.05) is 44.7 Å². The molecule has 0 N–H and O–H groups in total. The van der Waals surface area contributed by atoms with Crippen LogP contribution in [0, 0.1) is 5.92 Å². The number of methoxy groups -OCH3 is 2. The topological polar surface area (TPSA) is 39.5 Å². The van der Waals surface area contributed by atoms with Crippen LogP contribution in [0.3, 0.4) is 0 Å². The third-order valence-electron chi connectivity index (χ3n) is 4.68. The third-order valence-corrected chi connectivity index (χ3v) is 4.68. The molecule has 1 saturated heterocycles. The average Bonchev–Trinajstić information content (AvgIpc) is 3.09. The van der Waals surface area contributed by atoms with Crippen LogP contribution in [0.2, 0.25) is 0 Å². The highest BCUT2D eigenvalue weighted by atomic mass is 16.5. The normalized spacial score (nSPS) is 18.7. The lowest BCUT2D eigenvalue weighted by Gasteiger charge is -2.33. The van der Waals surface area contributed by atoms with E-state index in [-0.39, 0.29) is 0 Å². The zero-order valence-corrected chi connectivity index (χ0v) is 14.6. The molecule has 24 heavy (non-hydrogen) atoms. The number of nitrogens with zero attached hydrogens (tertiary/aromatic N) is 3. The first-order valence-corrected chi connectivity index (χ1v) is 8.61. The largest absolute Gasteiger partial charge is 0.496 e. The van der Waals surface area contributed by atoms with Crippen LogP contribution < -0.4 is 4.74 Å². The molecule has 1 aliphatic rings. The smallest absolute Gasteiger partial charge is 0.124 e. The van der Waals surface area contributed by atoms with Crippen molar-refractivity contribution in [3.05, 3.63) is 48.0 Å². The highest BCUT2D eigenvalue weighted by Crippen LogP contribution is 2.24. The lowest BCUT2D eigenvalue weighted by molar-refractivity contribution is 0.155. The minimum Gasteiger partial charge on any atom is -0.496 e. The maximum Gasteiger partial charge on any atom is 0.124 e. The quantitative estimate of drug-likeness (QED) is 0.783. The molecule has 0 radical (unpaired) electrons. The number of aromatic nitrogens is 2. The molecule has 5 heteroatoms. The summed E-state index contributed by atoms with van der Waals surface area (Å²) in [5.41, 5.74) is 2.44. The number of piperidine rings is 1. The lowest BCUT2D eigenvalue weighted by atomic mass is 9.97. The summed E-state index contributed by atoms with van der Waals surface area (Å²) in [4.78, 5) is 6.70. The van der Waals surface area contributed by atoms with Gasteiger partial charge in [-0.15, -0.1) is 0 Å². The molecule has 1 aromatic heterocycles. The maximum atomic E-state index is 5.42. The number of hydrogen-bond acceptors (Lipinski definition) is 4. The zero-order valence-electron chi connectivity index (χ0n) is 14.6. The first kappa shape index (κ1) is 17.0. The monoisotopic (exact) mass is 329 g/mol. The first-order valence-electron chi connectivity index (χ1n) is 8.61. The first-order chi connectivity index (χ1) is 11.8. The van der Waals surface area contributed by atoms with Gasteiger partial charge in [0.15, 0.2) is 0 Å². The molecule has 1 aliphatic heterocycles. The van der Waals surface area contributed by atoms with E-state index in [1.54, 1.807) is 14.2 Å². The van der Waals surface area contributed by atoms with Gasteiger partial charge in [0.05, 0.1) is 20.0 Å². The van der Waals surface area contributed by atoms with E-state index in [1.807, 2.05) is 12.5 Å². The molecule has 0 saturated carbocycles. The average molecular weight is 329 g/mol. The molecule has 130 valence electrons. The predicted octanol–water partition coefficient (Wildman–Crippen LogP) is 2.95. The summed E-state index contributed by atoms with van der Waals surface area (Å²) < 4.78 is 12.9. The van der Waals surface area contributed by atoms with Crippen LogP contribution in [0.15, 0.2) is 36.9 Å². The number of likely N-dealkylation sites (tertiary alicyclic amines) is 1. The van der Waals surface area contributed by atoms with Crippen LogP contribution in [0.4, 0.5) is 0 Å². The summed E-state index contributed by atoms with van der Waals surface area (Å²) in [6, 6.07) is 6.43. The molecule has 0 amide bonds. The highest BCUT2D eigenvalue weighted by Gasteiger charge is 2.20. The fourth-order valence-corrected chi connectivity index (χ4v) is 3.59. The van der Waals surface area contributed by atoms with E-state index in [1.165, 1.54) is 24.9 Å². The number of benzene rings is 1. The molecule has 2 heterocycles. The summed E-state index contributed by atoms with van der Waals surface area (Å²) in [5, 5.41) is 0. The van der Waals surface area contributed by atoms with Crippen molar-refractivity contribution < 1.29 is 9.47 Å². The van der Waals surface area contributed by atoms with Gasteiger partial charge in [-0.1, -0.05) is 6.07 Å². The van der Waals surface area contributed by atoms with Crippen molar-refractivity contribution in [1.82, 2.24) is 14.5 Å². The van der Waals surface area contributed by atoms with Crippen molar-refractivity contribution in [3.63, 3.8) is 0 Å². The van der Waals surface area contributed by atoms with E-state index in [4.69, 9.17) is 9.47 Å². The van der Waals surface area contributed by atoms with E-state index in [0.717, 1.165) is 30.9 Å². The number of hydrogen-bond donors (Lipinski definition) is 0. The van der Waals surface area contributed by atoms with E-state index in [0.29, 0.717) is 12.5 Å². The Balaban J connectivity index is 1.61. The number of ether oxygens (including phenoxy) is 2. The molecule has 1 atom stereocenters. The summed E-state index contributed by atoms with van der Waals surface area (Å²) in [6.45, 7) is 4.95. The molecular formula is C19H27N3O2. The molecule has 1 fully saturated rings. The Kier molecular flexibility index (Phi) is 5.88. The Morgan fingerprint density at radius 1 is 1.29 bits per heavy atom. The lowest BCUT2D eigenvalue weighted by Crippen LogP contribution is -2.36. The molecule has 2 aromatic rings. The van der Waals surface area contributed by atoms with Gasteiger partial charge in [0.1, 0.15) is 5.75 Å². The highest BCUT2D eigenvalue weighted by molar-refractivity contribution is 5.37. The molecule has 1 unspecified atom stereocenters. The van der Waals surface area contributed by atoms with Gasteiger partial charge >= 0.3 is 0 Å².